The van der Waals surface area contributed by atoms with Crippen LogP contribution in [0, 0.1) is 0 Å². The smallest absolute Gasteiger partial charge is 0.312 e. The first-order valence-corrected chi connectivity index (χ1v) is 6.59. The van der Waals surface area contributed by atoms with Gasteiger partial charge in [0.05, 0.1) is 5.92 Å². The molecule has 1 aromatic carbocycles. The third kappa shape index (κ3) is 3.65. The second kappa shape index (κ2) is 6.82. The van der Waals surface area contributed by atoms with Crippen molar-refractivity contribution < 1.29 is 9.90 Å². The van der Waals surface area contributed by atoms with E-state index in [4.69, 9.17) is 0 Å². The summed E-state index contributed by atoms with van der Waals surface area (Å²) >= 11 is 0. The van der Waals surface area contributed by atoms with Gasteiger partial charge in [-0.15, -0.1) is 0 Å². The molecule has 2 rings (SSSR count). The number of carboxylic acids is 1. The van der Waals surface area contributed by atoms with Crippen LogP contribution in [0.1, 0.15) is 30.0 Å². The van der Waals surface area contributed by atoms with Crippen molar-refractivity contribution >= 4 is 5.97 Å². The molecule has 0 aliphatic rings. The third-order valence-electron chi connectivity index (χ3n) is 3.33. The lowest BCUT2D eigenvalue weighted by atomic mass is 9.98. The number of carbonyl (C=O) groups is 1. The number of benzene rings is 1. The first-order chi connectivity index (χ1) is 9.68. The highest BCUT2D eigenvalue weighted by Crippen LogP contribution is 2.17. The molecule has 0 saturated heterocycles. The van der Waals surface area contributed by atoms with Crippen molar-refractivity contribution in [2.75, 3.05) is 6.54 Å². The van der Waals surface area contributed by atoms with Gasteiger partial charge in [0.25, 0.3) is 0 Å². The van der Waals surface area contributed by atoms with Crippen LogP contribution >= 0.6 is 0 Å². The summed E-state index contributed by atoms with van der Waals surface area (Å²) in [6.45, 7) is 2.40. The molecular weight excluding hydrogens is 252 g/mol. The third-order valence-corrected chi connectivity index (χ3v) is 3.33. The number of rotatable bonds is 6. The Bertz CT molecular complexity index is 543. The molecule has 0 saturated carbocycles. The maximum atomic E-state index is 11.4. The lowest BCUT2D eigenvalue weighted by Crippen LogP contribution is -2.29. The second-order valence-electron chi connectivity index (χ2n) is 4.71. The fraction of sp³-hybridized carbons (Fsp3) is 0.250. The Morgan fingerprint density at radius 3 is 2.40 bits per heavy atom. The van der Waals surface area contributed by atoms with Crippen LogP contribution in [0.2, 0.25) is 0 Å². The molecule has 2 atom stereocenters. The van der Waals surface area contributed by atoms with E-state index < -0.39 is 11.9 Å². The number of pyridine rings is 1. The van der Waals surface area contributed by atoms with Crippen LogP contribution in [-0.4, -0.2) is 22.6 Å². The fourth-order valence-electron chi connectivity index (χ4n) is 2.10. The van der Waals surface area contributed by atoms with Crippen molar-refractivity contribution in [3.05, 3.63) is 66.0 Å². The van der Waals surface area contributed by atoms with Crippen molar-refractivity contribution in [3.8, 4) is 0 Å². The van der Waals surface area contributed by atoms with E-state index in [9.17, 15) is 9.90 Å². The number of hydrogen-bond donors (Lipinski definition) is 2. The summed E-state index contributed by atoms with van der Waals surface area (Å²) in [5.74, 6) is -1.36. The number of nitrogens with one attached hydrogen (secondary N) is 1. The van der Waals surface area contributed by atoms with Gasteiger partial charge in [0, 0.05) is 25.0 Å². The monoisotopic (exact) mass is 270 g/mol. The van der Waals surface area contributed by atoms with Crippen molar-refractivity contribution in [2.45, 2.75) is 18.9 Å². The molecule has 4 heteroatoms. The zero-order chi connectivity index (χ0) is 14.4. The van der Waals surface area contributed by atoms with Gasteiger partial charge in [0.2, 0.25) is 0 Å². The number of aromatic nitrogens is 1. The number of carboxylic acid groups (broad SMARTS) is 1. The molecule has 104 valence electrons. The van der Waals surface area contributed by atoms with E-state index in [0.717, 1.165) is 11.1 Å². The van der Waals surface area contributed by atoms with Crippen molar-refractivity contribution in [1.82, 2.24) is 10.3 Å². The molecule has 4 nitrogen and oxygen atoms in total. The Hall–Kier alpha value is -2.20. The van der Waals surface area contributed by atoms with Crippen molar-refractivity contribution in [2.24, 2.45) is 0 Å². The largest absolute Gasteiger partial charge is 0.481 e. The van der Waals surface area contributed by atoms with E-state index >= 15 is 0 Å². The van der Waals surface area contributed by atoms with Gasteiger partial charge in [-0.3, -0.25) is 9.78 Å². The van der Waals surface area contributed by atoms with Crippen LogP contribution in [0.5, 0.6) is 0 Å². The topological polar surface area (TPSA) is 62.2 Å². The number of hydrogen-bond acceptors (Lipinski definition) is 3. The quantitative estimate of drug-likeness (QED) is 0.847. The van der Waals surface area contributed by atoms with Gasteiger partial charge < -0.3 is 10.4 Å². The molecule has 0 fully saturated rings. The molecule has 2 aromatic rings. The highest BCUT2D eigenvalue weighted by atomic mass is 16.4. The molecule has 0 aliphatic heterocycles. The van der Waals surface area contributed by atoms with E-state index in [1.807, 2.05) is 49.4 Å². The first kappa shape index (κ1) is 14.2. The van der Waals surface area contributed by atoms with Gasteiger partial charge in [-0.25, -0.2) is 0 Å². The molecular formula is C16H18N2O2. The van der Waals surface area contributed by atoms with Crippen LogP contribution in [0.4, 0.5) is 0 Å². The van der Waals surface area contributed by atoms with E-state index in [-0.39, 0.29) is 6.04 Å². The average Bonchev–Trinajstić information content (AvgIpc) is 2.49. The molecule has 0 radical (unpaired) electrons. The van der Waals surface area contributed by atoms with Crippen LogP contribution in [0.3, 0.4) is 0 Å². The first-order valence-electron chi connectivity index (χ1n) is 6.59. The molecule has 0 aliphatic carbocycles. The van der Waals surface area contributed by atoms with Gasteiger partial charge in [-0.1, -0.05) is 30.3 Å². The van der Waals surface area contributed by atoms with Crippen molar-refractivity contribution in [3.63, 3.8) is 0 Å². The zero-order valence-corrected chi connectivity index (χ0v) is 11.4. The van der Waals surface area contributed by atoms with Gasteiger partial charge in [-0.2, -0.15) is 0 Å². The summed E-state index contributed by atoms with van der Waals surface area (Å²) < 4.78 is 0. The van der Waals surface area contributed by atoms with E-state index in [1.54, 1.807) is 12.4 Å². The van der Waals surface area contributed by atoms with E-state index in [2.05, 4.69) is 10.3 Å². The summed E-state index contributed by atoms with van der Waals surface area (Å²) in [6.07, 6.45) is 3.47. The minimum absolute atomic E-state index is 0.0866. The van der Waals surface area contributed by atoms with Crippen LogP contribution in [0.25, 0.3) is 0 Å². The Morgan fingerprint density at radius 2 is 1.80 bits per heavy atom. The SMILES string of the molecule is C[C@@H](NCC(C(=O)O)c1ccccc1)c1ccncc1. The minimum atomic E-state index is -0.814. The minimum Gasteiger partial charge on any atom is -0.481 e. The van der Waals surface area contributed by atoms with Crippen LogP contribution in [-0.2, 0) is 4.79 Å². The van der Waals surface area contributed by atoms with Gasteiger partial charge in [0.1, 0.15) is 0 Å². The Balaban J connectivity index is 2.02. The zero-order valence-electron chi connectivity index (χ0n) is 11.4. The Kier molecular flexibility index (Phi) is 4.85. The standard InChI is InChI=1S/C16H18N2O2/c1-12(13-7-9-17-10-8-13)18-11-15(16(19)20)14-5-3-2-4-6-14/h2-10,12,15,18H,11H2,1H3,(H,19,20)/t12-,15?/m1/s1. The van der Waals surface area contributed by atoms with Crippen LogP contribution in [0.15, 0.2) is 54.9 Å². The molecule has 1 aromatic heterocycles. The molecule has 1 unspecified atom stereocenters. The molecule has 0 bridgehead atoms. The molecule has 1 heterocycles. The fourth-order valence-corrected chi connectivity index (χ4v) is 2.10. The second-order valence-corrected chi connectivity index (χ2v) is 4.71. The number of aliphatic carboxylic acids is 1. The highest BCUT2D eigenvalue weighted by molar-refractivity contribution is 5.76. The molecule has 0 spiro atoms. The van der Waals surface area contributed by atoms with Gasteiger partial charge in [-0.05, 0) is 30.2 Å². The normalized spacial score (nSPS) is 13.7. The lowest BCUT2D eigenvalue weighted by molar-refractivity contribution is -0.138. The van der Waals surface area contributed by atoms with Gasteiger partial charge in [0.15, 0.2) is 0 Å². The summed E-state index contributed by atoms with van der Waals surface area (Å²) in [5.41, 5.74) is 1.91. The predicted molar refractivity (Wildman–Crippen MR) is 77.5 cm³/mol. The van der Waals surface area contributed by atoms with E-state index in [1.165, 1.54) is 0 Å². The molecule has 20 heavy (non-hydrogen) atoms. The highest BCUT2D eigenvalue weighted by Gasteiger charge is 2.20. The van der Waals surface area contributed by atoms with Gasteiger partial charge >= 0.3 is 5.97 Å². The van der Waals surface area contributed by atoms with Crippen LogP contribution < -0.4 is 5.32 Å². The Morgan fingerprint density at radius 1 is 1.15 bits per heavy atom. The maximum absolute atomic E-state index is 11.4. The van der Waals surface area contributed by atoms with E-state index in [0.29, 0.717) is 6.54 Å². The number of nitrogens with zero attached hydrogens (tertiary/aromatic N) is 1. The predicted octanol–water partition coefficient (Wildman–Crippen LogP) is 2.60. The summed E-state index contributed by atoms with van der Waals surface area (Å²) in [4.78, 5) is 15.4. The summed E-state index contributed by atoms with van der Waals surface area (Å²) in [6, 6.07) is 13.2. The average molecular weight is 270 g/mol. The maximum Gasteiger partial charge on any atom is 0.312 e. The molecule has 0 amide bonds. The summed E-state index contributed by atoms with van der Waals surface area (Å²) in [5, 5.41) is 12.6. The Labute approximate surface area is 118 Å². The summed E-state index contributed by atoms with van der Waals surface area (Å²) in [7, 11) is 0. The lowest BCUT2D eigenvalue weighted by Gasteiger charge is -2.18. The molecule has 2 N–H and O–H groups in total. The van der Waals surface area contributed by atoms with Crippen molar-refractivity contribution in [1.29, 1.82) is 0 Å².